The van der Waals surface area contributed by atoms with E-state index in [1.165, 1.54) is 0 Å². The maximum absolute atomic E-state index is 12.0. The van der Waals surface area contributed by atoms with E-state index in [1.807, 2.05) is 13.0 Å². The average molecular weight is 368 g/mol. The van der Waals surface area contributed by atoms with Crippen LogP contribution in [0.25, 0.3) is 0 Å². The molecule has 3 rings (SSSR count). The Morgan fingerprint density at radius 2 is 1.96 bits per heavy atom. The molecular weight excluding hydrogens is 346 g/mol. The first-order valence-corrected chi connectivity index (χ1v) is 8.23. The highest BCUT2D eigenvalue weighted by molar-refractivity contribution is 6.01. The van der Waals surface area contributed by atoms with Crippen molar-refractivity contribution in [2.75, 3.05) is 18.0 Å². The molecule has 0 unspecified atom stereocenters. The minimum Gasteiger partial charge on any atom is -0.481 e. The largest absolute Gasteiger partial charge is 0.481 e. The first kappa shape index (κ1) is 19.2. The van der Waals surface area contributed by atoms with Crippen molar-refractivity contribution in [2.45, 2.75) is 38.5 Å². The second-order valence-corrected chi connectivity index (χ2v) is 6.50. The first-order valence-electron chi connectivity index (χ1n) is 8.23. The summed E-state index contributed by atoms with van der Waals surface area (Å²) in [5.74, 6) is -1.00. The predicted octanol–water partition coefficient (Wildman–Crippen LogP) is 1.63. The number of rotatable bonds is 3. The van der Waals surface area contributed by atoms with E-state index in [0.717, 1.165) is 16.9 Å². The zero-order valence-corrected chi connectivity index (χ0v) is 14.8. The molecule has 1 aromatic heterocycles. The standard InChI is InChI=1S/C17H21N3O4.ClH/c1-10-8-14(20-6-4-11(5-7-20)17(23)24)18-9-13(10)12-2-3-15(21)19-16(12)22;/h8-9,11-12H,2-7H2,1H3,(H,23,24)(H,19,21,22);1H/t12-;/m0./s1. The molecule has 2 aliphatic heterocycles. The Kier molecular flexibility index (Phi) is 6.00. The number of aromatic nitrogens is 1. The third-order valence-electron chi connectivity index (χ3n) is 4.92. The highest BCUT2D eigenvalue weighted by Gasteiger charge is 2.30. The van der Waals surface area contributed by atoms with Crippen LogP contribution in [0.2, 0.25) is 0 Å². The molecule has 25 heavy (non-hydrogen) atoms. The van der Waals surface area contributed by atoms with Crippen molar-refractivity contribution in [3.05, 3.63) is 23.4 Å². The van der Waals surface area contributed by atoms with Crippen molar-refractivity contribution in [3.8, 4) is 0 Å². The molecule has 1 atom stereocenters. The number of carbonyl (C=O) groups is 3. The van der Waals surface area contributed by atoms with E-state index >= 15 is 0 Å². The highest BCUT2D eigenvalue weighted by atomic mass is 35.5. The molecule has 0 aromatic carbocycles. The van der Waals surface area contributed by atoms with E-state index in [4.69, 9.17) is 5.11 Å². The topological polar surface area (TPSA) is 99.6 Å². The molecule has 1 aromatic rings. The van der Waals surface area contributed by atoms with Crippen molar-refractivity contribution < 1.29 is 19.5 Å². The Morgan fingerprint density at radius 3 is 2.52 bits per heavy atom. The molecule has 0 saturated carbocycles. The van der Waals surface area contributed by atoms with Crippen LogP contribution >= 0.6 is 12.4 Å². The molecule has 0 radical (unpaired) electrons. The van der Waals surface area contributed by atoms with Crippen LogP contribution in [0.4, 0.5) is 5.82 Å². The van der Waals surface area contributed by atoms with E-state index in [0.29, 0.717) is 38.8 Å². The molecule has 0 aliphatic carbocycles. The first-order chi connectivity index (χ1) is 11.5. The summed E-state index contributed by atoms with van der Waals surface area (Å²) in [6.45, 7) is 3.27. The molecule has 0 spiro atoms. The van der Waals surface area contributed by atoms with Gasteiger partial charge >= 0.3 is 5.97 Å². The van der Waals surface area contributed by atoms with E-state index in [-0.39, 0.29) is 36.1 Å². The molecule has 2 fully saturated rings. The van der Waals surface area contributed by atoms with Crippen LogP contribution in [0.5, 0.6) is 0 Å². The Balaban J connectivity index is 0.00000225. The molecule has 136 valence electrons. The number of aliphatic carboxylic acids is 1. The summed E-state index contributed by atoms with van der Waals surface area (Å²) in [7, 11) is 0. The zero-order chi connectivity index (χ0) is 17.3. The predicted molar refractivity (Wildman–Crippen MR) is 93.9 cm³/mol. The lowest BCUT2D eigenvalue weighted by Crippen LogP contribution is -2.40. The number of carboxylic acids is 1. The molecule has 2 saturated heterocycles. The number of carboxylic acid groups (broad SMARTS) is 1. The van der Waals surface area contributed by atoms with Gasteiger partial charge in [0.25, 0.3) is 0 Å². The number of hydrogen-bond acceptors (Lipinski definition) is 5. The Morgan fingerprint density at radius 1 is 1.28 bits per heavy atom. The molecule has 2 amide bonds. The molecule has 2 N–H and O–H groups in total. The van der Waals surface area contributed by atoms with Crippen molar-refractivity contribution >= 4 is 36.0 Å². The van der Waals surface area contributed by atoms with Gasteiger partial charge in [0.05, 0.1) is 11.8 Å². The normalized spacial score (nSPS) is 21.5. The van der Waals surface area contributed by atoms with Crippen LogP contribution < -0.4 is 10.2 Å². The monoisotopic (exact) mass is 367 g/mol. The van der Waals surface area contributed by atoms with E-state index in [9.17, 15) is 14.4 Å². The van der Waals surface area contributed by atoms with Gasteiger partial charge < -0.3 is 10.0 Å². The van der Waals surface area contributed by atoms with Crippen LogP contribution in [0, 0.1) is 12.8 Å². The summed E-state index contributed by atoms with van der Waals surface area (Å²) >= 11 is 0. The fraction of sp³-hybridized carbons (Fsp3) is 0.529. The third-order valence-corrected chi connectivity index (χ3v) is 4.92. The second kappa shape index (κ2) is 7.82. The van der Waals surface area contributed by atoms with Gasteiger partial charge in [0.1, 0.15) is 5.82 Å². The number of piperidine rings is 2. The lowest BCUT2D eigenvalue weighted by Gasteiger charge is -2.31. The van der Waals surface area contributed by atoms with Crippen LogP contribution in [-0.2, 0) is 14.4 Å². The average Bonchev–Trinajstić information content (AvgIpc) is 2.55. The number of hydrogen-bond donors (Lipinski definition) is 2. The minimum atomic E-state index is -0.730. The van der Waals surface area contributed by atoms with Gasteiger partial charge in [-0.15, -0.1) is 12.4 Å². The van der Waals surface area contributed by atoms with Crippen LogP contribution in [0.15, 0.2) is 12.3 Å². The van der Waals surface area contributed by atoms with Gasteiger partial charge in [-0.2, -0.15) is 0 Å². The van der Waals surface area contributed by atoms with Gasteiger partial charge in [0, 0.05) is 25.7 Å². The number of amides is 2. The van der Waals surface area contributed by atoms with Crippen LogP contribution in [0.3, 0.4) is 0 Å². The Hall–Kier alpha value is -2.15. The van der Waals surface area contributed by atoms with Crippen LogP contribution in [0.1, 0.15) is 42.7 Å². The number of imide groups is 1. The smallest absolute Gasteiger partial charge is 0.306 e. The lowest BCUT2D eigenvalue weighted by atomic mass is 9.89. The van der Waals surface area contributed by atoms with E-state index < -0.39 is 5.97 Å². The molecule has 3 heterocycles. The summed E-state index contributed by atoms with van der Waals surface area (Å²) in [6, 6.07) is 1.94. The van der Waals surface area contributed by atoms with Crippen molar-refractivity contribution in [2.24, 2.45) is 5.92 Å². The summed E-state index contributed by atoms with van der Waals surface area (Å²) in [6.07, 6.45) is 3.81. The lowest BCUT2D eigenvalue weighted by molar-refractivity contribution is -0.142. The molecule has 7 nitrogen and oxygen atoms in total. The number of halogens is 1. The fourth-order valence-corrected chi connectivity index (χ4v) is 3.44. The van der Waals surface area contributed by atoms with E-state index in [1.54, 1.807) is 6.20 Å². The van der Waals surface area contributed by atoms with Crippen LogP contribution in [-0.4, -0.2) is 41.0 Å². The third kappa shape index (κ3) is 4.10. The number of anilines is 1. The number of carbonyl (C=O) groups excluding carboxylic acids is 2. The minimum absolute atomic E-state index is 0. The Bertz CT molecular complexity index is 686. The summed E-state index contributed by atoms with van der Waals surface area (Å²) in [4.78, 5) is 40.9. The summed E-state index contributed by atoms with van der Waals surface area (Å²) in [5, 5.41) is 11.4. The number of pyridine rings is 1. The number of nitrogens with one attached hydrogen (secondary N) is 1. The SMILES string of the molecule is Cc1cc(N2CCC(C(=O)O)CC2)ncc1[C@@H]1CCC(=O)NC1=O.Cl. The quantitative estimate of drug-likeness (QED) is 0.788. The number of nitrogens with zero attached hydrogens (tertiary/aromatic N) is 2. The molecule has 2 aliphatic rings. The van der Waals surface area contributed by atoms with E-state index in [2.05, 4.69) is 15.2 Å². The van der Waals surface area contributed by atoms with Crippen molar-refractivity contribution in [1.29, 1.82) is 0 Å². The van der Waals surface area contributed by atoms with Gasteiger partial charge in [-0.25, -0.2) is 4.98 Å². The maximum atomic E-state index is 12.0. The van der Waals surface area contributed by atoms with Crippen molar-refractivity contribution in [3.63, 3.8) is 0 Å². The summed E-state index contributed by atoms with van der Waals surface area (Å²) < 4.78 is 0. The fourth-order valence-electron chi connectivity index (χ4n) is 3.44. The van der Waals surface area contributed by atoms with Gasteiger partial charge in [-0.1, -0.05) is 0 Å². The zero-order valence-electron chi connectivity index (χ0n) is 14.0. The summed E-state index contributed by atoms with van der Waals surface area (Å²) in [5.41, 5.74) is 1.82. The number of aryl methyl sites for hydroxylation is 1. The molecule has 8 heteroatoms. The van der Waals surface area contributed by atoms with Gasteiger partial charge in [-0.05, 0) is 43.4 Å². The highest BCUT2D eigenvalue weighted by Crippen LogP contribution is 2.29. The van der Waals surface area contributed by atoms with Gasteiger partial charge in [-0.3, -0.25) is 19.7 Å². The van der Waals surface area contributed by atoms with Gasteiger partial charge in [0.2, 0.25) is 11.8 Å². The second-order valence-electron chi connectivity index (χ2n) is 6.50. The van der Waals surface area contributed by atoms with Crippen molar-refractivity contribution in [1.82, 2.24) is 10.3 Å². The van der Waals surface area contributed by atoms with Gasteiger partial charge in [0.15, 0.2) is 0 Å². The maximum Gasteiger partial charge on any atom is 0.306 e. The Labute approximate surface area is 152 Å². The molecule has 0 bridgehead atoms. The molecular formula is C17H22ClN3O4.